The van der Waals surface area contributed by atoms with Crippen molar-refractivity contribution in [3.63, 3.8) is 0 Å². The zero-order chi connectivity index (χ0) is 36.8. The van der Waals surface area contributed by atoms with Crippen LogP contribution in [-0.4, -0.2) is 0 Å². The molecule has 54 heavy (non-hydrogen) atoms. The van der Waals surface area contributed by atoms with Crippen LogP contribution in [0.2, 0.25) is 0 Å². The third-order valence-corrected chi connectivity index (χ3v) is 14.7. The number of nitrogens with zero attached hydrogens (tertiary/aromatic N) is 2. The normalized spacial score (nSPS) is 20.8. The third kappa shape index (κ3) is 3.92. The molecule has 1 aliphatic carbocycles. The number of allylic oxidation sites excluding steroid dienone is 1. The van der Waals surface area contributed by atoms with Gasteiger partial charge in [-0.2, -0.15) is 9.13 Å². The number of benzene rings is 4. The zero-order valence-corrected chi connectivity index (χ0v) is 32.6. The second kappa shape index (κ2) is 11.1. The maximum Gasteiger partial charge on any atom is 0.217 e. The van der Waals surface area contributed by atoms with Gasteiger partial charge < -0.3 is 4.42 Å². The quantitative estimate of drug-likeness (QED) is 0.131. The van der Waals surface area contributed by atoms with Crippen LogP contribution in [0.5, 0.6) is 0 Å². The summed E-state index contributed by atoms with van der Waals surface area (Å²) >= 11 is 1.86. The SMILES string of the molecule is C=CC1C2C(c3ccccc3-c3cccc[n+]32)C12Cc1ccc3c(oc4c3ccc3sc(C)c(C)c34)c1-c1cc(-c3c(C)cccc3C)c(C(C)C)c[n+]12. The van der Waals surface area contributed by atoms with Gasteiger partial charge in [-0.25, -0.2) is 0 Å². The van der Waals surface area contributed by atoms with Crippen LogP contribution in [0, 0.1) is 33.6 Å². The second-order valence-electron chi connectivity index (χ2n) is 16.5. The number of hydrogen-bond acceptors (Lipinski definition) is 2. The highest BCUT2D eigenvalue weighted by molar-refractivity contribution is 7.19. The van der Waals surface area contributed by atoms with Gasteiger partial charge in [-0.05, 0) is 96.8 Å². The van der Waals surface area contributed by atoms with Gasteiger partial charge in [-0.1, -0.05) is 68.5 Å². The van der Waals surface area contributed by atoms with E-state index in [1.165, 1.54) is 92.8 Å². The van der Waals surface area contributed by atoms with Gasteiger partial charge in [-0.3, -0.25) is 0 Å². The average Bonchev–Trinajstić information content (AvgIpc) is 3.69. The van der Waals surface area contributed by atoms with E-state index in [2.05, 4.69) is 167 Å². The Kier molecular flexibility index (Phi) is 6.62. The van der Waals surface area contributed by atoms with Crippen LogP contribution in [0.3, 0.4) is 0 Å². The zero-order valence-electron chi connectivity index (χ0n) is 31.8. The van der Waals surface area contributed by atoms with Crippen LogP contribution in [0.4, 0.5) is 0 Å². The summed E-state index contributed by atoms with van der Waals surface area (Å²) in [4.78, 5) is 1.35. The Labute approximate surface area is 320 Å². The van der Waals surface area contributed by atoms with E-state index in [0.717, 1.165) is 17.6 Å². The number of aromatic nitrogens is 2. The van der Waals surface area contributed by atoms with Gasteiger partial charge >= 0.3 is 0 Å². The fraction of sp³-hybridized carbons (Fsp3) is 0.240. The van der Waals surface area contributed by atoms with Gasteiger partial charge in [0.05, 0.1) is 11.1 Å². The molecule has 264 valence electrons. The number of thiophene rings is 1. The van der Waals surface area contributed by atoms with E-state index < -0.39 is 0 Å². The van der Waals surface area contributed by atoms with E-state index in [1.54, 1.807) is 0 Å². The lowest BCUT2D eigenvalue weighted by molar-refractivity contribution is -0.837. The van der Waals surface area contributed by atoms with Gasteiger partial charge in [0, 0.05) is 55.9 Å². The summed E-state index contributed by atoms with van der Waals surface area (Å²) in [7, 11) is 0. The molecule has 6 heterocycles. The first-order valence-corrected chi connectivity index (χ1v) is 20.3. The minimum Gasteiger partial charge on any atom is -0.454 e. The third-order valence-electron chi connectivity index (χ3n) is 13.6. The maximum absolute atomic E-state index is 7.24. The van der Waals surface area contributed by atoms with Crippen molar-refractivity contribution in [3.8, 4) is 33.6 Å². The molecule has 0 radical (unpaired) electrons. The minimum atomic E-state index is -0.262. The van der Waals surface area contributed by atoms with Crippen molar-refractivity contribution >= 4 is 43.4 Å². The molecule has 2 aliphatic heterocycles. The van der Waals surface area contributed by atoms with E-state index in [0.29, 0.717) is 5.92 Å². The van der Waals surface area contributed by atoms with E-state index in [4.69, 9.17) is 4.42 Å². The number of furan rings is 1. The molecule has 3 nitrogen and oxygen atoms in total. The smallest absolute Gasteiger partial charge is 0.217 e. The molecule has 4 unspecified atom stereocenters. The summed E-state index contributed by atoms with van der Waals surface area (Å²) in [5, 5.41) is 3.65. The fourth-order valence-electron chi connectivity index (χ4n) is 11.1. The number of aryl methyl sites for hydroxylation is 4. The van der Waals surface area contributed by atoms with Gasteiger partial charge in [0.15, 0.2) is 24.0 Å². The molecule has 11 rings (SSSR count). The summed E-state index contributed by atoms with van der Waals surface area (Å²) in [5.41, 5.74) is 17.6. The van der Waals surface area contributed by atoms with Crippen molar-refractivity contribution in [1.29, 1.82) is 0 Å². The summed E-state index contributed by atoms with van der Waals surface area (Å²) in [6.45, 7) is 18.3. The van der Waals surface area contributed by atoms with Gasteiger partial charge in [-0.15, -0.1) is 17.9 Å². The minimum absolute atomic E-state index is 0.201. The summed E-state index contributed by atoms with van der Waals surface area (Å²) in [5.74, 6) is 0.775. The molecule has 1 fully saturated rings. The molecule has 0 amide bonds. The highest BCUT2D eigenvalue weighted by Crippen LogP contribution is 2.65. The van der Waals surface area contributed by atoms with Crippen LogP contribution in [0.1, 0.15) is 70.0 Å². The Bertz CT molecular complexity index is 2920. The maximum atomic E-state index is 7.24. The van der Waals surface area contributed by atoms with Crippen LogP contribution in [0.25, 0.3) is 65.7 Å². The molecule has 4 aromatic heterocycles. The molecule has 0 bridgehead atoms. The van der Waals surface area contributed by atoms with Crippen molar-refractivity contribution in [2.75, 3.05) is 0 Å². The lowest BCUT2D eigenvalue weighted by Gasteiger charge is -2.56. The van der Waals surface area contributed by atoms with Crippen LogP contribution in [-0.2, 0) is 12.0 Å². The Hall–Kier alpha value is -5.32. The first-order valence-electron chi connectivity index (χ1n) is 19.5. The molecule has 1 saturated carbocycles. The number of fused-ring (bicyclic) bond motifs is 17. The van der Waals surface area contributed by atoms with Crippen molar-refractivity contribution < 1.29 is 13.6 Å². The first-order chi connectivity index (χ1) is 26.2. The highest BCUT2D eigenvalue weighted by atomic mass is 32.1. The number of rotatable bonds is 3. The summed E-state index contributed by atoms with van der Waals surface area (Å²) < 4.78 is 13.8. The van der Waals surface area contributed by atoms with E-state index >= 15 is 0 Å². The molecule has 4 atom stereocenters. The highest BCUT2D eigenvalue weighted by Gasteiger charge is 2.76. The van der Waals surface area contributed by atoms with Crippen molar-refractivity contribution in [3.05, 3.63) is 154 Å². The summed E-state index contributed by atoms with van der Waals surface area (Å²) in [6.07, 6.45) is 8.02. The topological polar surface area (TPSA) is 20.9 Å². The van der Waals surface area contributed by atoms with E-state index in [9.17, 15) is 0 Å². The monoisotopic (exact) mass is 720 g/mol. The van der Waals surface area contributed by atoms with Crippen molar-refractivity contribution in [1.82, 2.24) is 0 Å². The molecule has 8 aromatic rings. The van der Waals surface area contributed by atoms with Gasteiger partial charge in [0.1, 0.15) is 23.0 Å². The van der Waals surface area contributed by atoms with Crippen molar-refractivity contribution in [2.24, 2.45) is 5.92 Å². The predicted octanol–water partition coefficient (Wildman–Crippen LogP) is 12.1. The molecule has 0 N–H and O–H groups in total. The first kappa shape index (κ1) is 32.1. The largest absolute Gasteiger partial charge is 0.454 e. The molecular formula is C50H44N2OS+2. The predicted molar refractivity (Wildman–Crippen MR) is 222 cm³/mol. The lowest BCUT2D eigenvalue weighted by atomic mass is 9.48. The Morgan fingerprint density at radius 2 is 1.57 bits per heavy atom. The standard InChI is InChI=1S/C50H44N2OS/c1-8-39-47-46(34-17-10-9-16-33(34)40-18-11-12-23-51(40)47)50(39)25-32-19-20-35-36-21-22-42-44(30(6)31(7)54-42)48(36)53-49(35)45(32)41-24-37(38(27(2)3)26-52(41)50)43-28(4)14-13-15-29(43)5/h8-24,26-27,39,46-47H,1,25H2,2-7H3/q+2. The molecular weight excluding hydrogens is 677 g/mol. The van der Waals surface area contributed by atoms with E-state index in [1.807, 2.05) is 11.3 Å². The summed E-state index contributed by atoms with van der Waals surface area (Å²) in [6, 6.07) is 34.7. The molecule has 1 spiro atoms. The molecule has 3 aliphatic rings. The average molecular weight is 721 g/mol. The number of pyridine rings is 2. The molecule has 4 aromatic carbocycles. The Morgan fingerprint density at radius 1 is 0.815 bits per heavy atom. The van der Waals surface area contributed by atoms with E-state index in [-0.39, 0.29) is 23.4 Å². The second-order valence-corrected chi connectivity index (χ2v) is 17.7. The van der Waals surface area contributed by atoms with Gasteiger partial charge in [0.2, 0.25) is 11.4 Å². The van der Waals surface area contributed by atoms with Crippen LogP contribution in [0.15, 0.2) is 120 Å². The van der Waals surface area contributed by atoms with Gasteiger partial charge in [0.25, 0.3) is 0 Å². The Morgan fingerprint density at radius 3 is 2.37 bits per heavy atom. The van der Waals surface area contributed by atoms with Crippen LogP contribution < -0.4 is 9.13 Å². The van der Waals surface area contributed by atoms with Crippen LogP contribution >= 0.6 is 11.3 Å². The Balaban J connectivity index is 1.27. The fourth-order valence-corrected chi connectivity index (χ4v) is 12.2. The molecule has 4 heteroatoms. The van der Waals surface area contributed by atoms with Crippen molar-refractivity contribution in [2.45, 2.75) is 71.4 Å². The molecule has 0 saturated heterocycles. The number of hydrogen-bond donors (Lipinski definition) is 0. The lowest BCUT2D eigenvalue weighted by Crippen LogP contribution is -2.80.